The molecule has 8 heavy (non-hydrogen) atoms. The first-order valence-corrected chi connectivity index (χ1v) is 3.07. The van der Waals surface area contributed by atoms with E-state index in [0.717, 1.165) is 6.54 Å². The van der Waals surface area contributed by atoms with Crippen LogP contribution in [0, 0.1) is 0 Å². The van der Waals surface area contributed by atoms with Crippen molar-refractivity contribution in [2.45, 2.75) is 26.8 Å². The van der Waals surface area contributed by atoms with Gasteiger partial charge in [-0.25, -0.2) is 0 Å². The van der Waals surface area contributed by atoms with Gasteiger partial charge in [-0.05, 0) is 20.4 Å². The standard InChI is InChI=1S/C7H15N/c1-5-8-7(4)6(2)3/h7-8H,2,5H2,1,3-4H3/t7-/m0/s1. The Hall–Kier alpha value is -0.300. The quantitative estimate of drug-likeness (QED) is 0.548. The van der Waals surface area contributed by atoms with Crippen molar-refractivity contribution in [1.29, 1.82) is 0 Å². The molecule has 1 nitrogen and oxygen atoms in total. The van der Waals surface area contributed by atoms with Crippen molar-refractivity contribution >= 4 is 0 Å². The van der Waals surface area contributed by atoms with E-state index in [-0.39, 0.29) is 0 Å². The first-order chi connectivity index (χ1) is 3.68. The molecule has 0 bridgehead atoms. The van der Waals surface area contributed by atoms with Gasteiger partial charge >= 0.3 is 0 Å². The fourth-order valence-corrected chi connectivity index (χ4v) is 0.480. The first kappa shape index (κ1) is 7.70. The average molecular weight is 113 g/mol. The molecule has 0 aliphatic heterocycles. The molecule has 0 aliphatic rings. The molecule has 0 heterocycles. The summed E-state index contributed by atoms with van der Waals surface area (Å²) in [5.41, 5.74) is 1.20. The molecule has 0 radical (unpaired) electrons. The highest BCUT2D eigenvalue weighted by Crippen LogP contribution is 1.93. The third kappa shape index (κ3) is 2.80. The van der Waals surface area contributed by atoms with Crippen LogP contribution in [0.25, 0.3) is 0 Å². The maximum absolute atomic E-state index is 3.81. The highest BCUT2D eigenvalue weighted by Gasteiger charge is 1.95. The van der Waals surface area contributed by atoms with Gasteiger partial charge < -0.3 is 5.32 Å². The molecule has 0 saturated heterocycles. The fourth-order valence-electron chi connectivity index (χ4n) is 0.480. The van der Waals surface area contributed by atoms with Crippen molar-refractivity contribution in [3.05, 3.63) is 12.2 Å². The monoisotopic (exact) mass is 113 g/mol. The van der Waals surface area contributed by atoms with E-state index >= 15 is 0 Å². The van der Waals surface area contributed by atoms with Gasteiger partial charge in [0.2, 0.25) is 0 Å². The minimum absolute atomic E-state index is 0.472. The van der Waals surface area contributed by atoms with Crippen LogP contribution in [0.3, 0.4) is 0 Å². The third-order valence-corrected chi connectivity index (χ3v) is 1.25. The maximum Gasteiger partial charge on any atom is 0.0245 e. The van der Waals surface area contributed by atoms with Crippen molar-refractivity contribution in [3.8, 4) is 0 Å². The van der Waals surface area contributed by atoms with Crippen molar-refractivity contribution in [2.75, 3.05) is 6.54 Å². The summed E-state index contributed by atoms with van der Waals surface area (Å²) in [5.74, 6) is 0. The zero-order chi connectivity index (χ0) is 6.57. The normalized spacial score (nSPS) is 13.4. The Kier molecular flexibility index (Phi) is 3.53. The molecule has 1 atom stereocenters. The van der Waals surface area contributed by atoms with Crippen LogP contribution >= 0.6 is 0 Å². The lowest BCUT2D eigenvalue weighted by Gasteiger charge is -2.10. The van der Waals surface area contributed by atoms with Gasteiger partial charge in [0.25, 0.3) is 0 Å². The molecule has 0 aromatic carbocycles. The summed E-state index contributed by atoms with van der Waals surface area (Å²) < 4.78 is 0. The Balaban J connectivity index is 3.32. The van der Waals surface area contributed by atoms with Gasteiger partial charge in [-0.1, -0.05) is 19.1 Å². The Bertz CT molecular complexity index is 76.5. The highest BCUT2D eigenvalue weighted by atomic mass is 14.9. The Morgan fingerprint density at radius 1 is 1.75 bits per heavy atom. The number of likely N-dealkylation sites (N-methyl/N-ethyl adjacent to an activating group) is 1. The second kappa shape index (κ2) is 3.67. The molecule has 0 rings (SSSR count). The predicted octanol–water partition coefficient (Wildman–Crippen LogP) is 1.56. The first-order valence-electron chi connectivity index (χ1n) is 3.07. The SMILES string of the molecule is C=C(C)[C@H](C)NCC. The maximum atomic E-state index is 3.81. The van der Waals surface area contributed by atoms with Gasteiger partial charge in [0.15, 0.2) is 0 Å². The van der Waals surface area contributed by atoms with E-state index in [1.807, 2.05) is 6.92 Å². The summed E-state index contributed by atoms with van der Waals surface area (Å²) in [7, 11) is 0. The summed E-state index contributed by atoms with van der Waals surface area (Å²) in [6.07, 6.45) is 0. The average Bonchev–Trinajstić information content (AvgIpc) is 1.67. The van der Waals surface area contributed by atoms with Gasteiger partial charge in [0, 0.05) is 6.04 Å². The largest absolute Gasteiger partial charge is 0.311 e. The van der Waals surface area contributed by atoms with E-state index in [2.05, 4.69) is 25.7 Å². The molecular formula is C7H15N. The number of hydrogen-bond donors (Lipinski definition) is 1. The highest BCUT2D eigenvalue weighted by molar-refractivity contribution is 4.98. The van der Waals surface area contributed by atoms with Gasteiger partial charge in [0.05, 0.1) is 0 Å². The van der Waals surface area contributed by atoms with Crippen LogP contribution in [0.2, 0.25) is 0 Å². The molecule has 0 aromatic rings. The summed E-state index contributed by atoms with van der Waals surface area (Å²) >= 11 is 0. The molecule has 1 N–H and O–H groups in total. The molecule has 1 heteroatoms. The van der Waals surface area contributed by atoms with E-state index in [0.29, 0.717) is 6.04 Å². The van der Waals surface area contributed by atoms with Crippen LogP contribution < -0.4 is 5.32 Å². The van der Waals surface area contributed by atoms with E-state index in [1.165, 1.54) is 5.57 Å². The van der Waals surface area contributed by atoms with Crippen molar-refractivity contribution in [1.82, 2.24) is 5.32 Å². The molecule has 0 unspecified atom stereocenters. The van der Waals surface area contributed by atoms with Crippen molar-refractivity contribution < 1.29 is 0 Å². The minimum atomic E-state index is 0.472. The Morgan fingerprint density at radius 3 is 2.38 bits per heavy atom. The fraction of sp³-hybridized carbons (Fsp3) is 0.714. The number of hydrogen-bond acceptors (Lipinski definition) is 1. The van der Waals surface area contributed by atoms with Gasteiger partial charge in [-0.2, -0.15) is 0 Å². The number of rotatable bonds is 3. The molecule has 0 saturated carbocycles. The van der Waals surface area contributed by atoms with Crippen LogP contribution in [0.5, 0.6) is 0 Å². The lowest BCUT2D eigenvalue weighted by molar-refractivity contribution is 0.635. The molecule has 0 spiro atoms. The summed E-state index contributed by atoms with van der Waals surface area (Å²) in [6, 6.07) is 0.472. The minimum Gasteiger partial charge on any atom is -0.311 e. The molecule has 0 aromatic heterocycles. The predicted molar refractivity (Wildman–Crippen MR) is 38.0 cm³/mol. The summed E-state index contributed by atoms with van der Waals surface area (Å²) in [5, 5.41) is 3.25. The zero-order valence-corrected chi connectivity index (χ0v) is 5.99. The van der Waals surface area contributed by atoms with Crippen LogP contribution in [0.4, 0.5) is 0 Å². The summed E-state index contributed by atoms with van der Waals surface area (Å²) in [4.78, 5) is 0. The van der Waals surface area contributed by atoms with E-state index < -0.39 is 0 Å². The second-order valence-electron chi connectivity index (χ2n) is 2.13. The Morgan fingerprint density at radius 2 is 2.25 bits per heavy atom. The topological polar surface area (TPSA) is 12.0 Å². The lowest BCUT2D eigenvalue weighted by atomic mass is 10.2. The van der Waals surface area contributed by atoms with Gasteiger partial charge in [0.1, 0.15) is 0 Å². The molecular weight excluding hydrogens is 98.1 g/mol. The van der Waals surface area contributed by atoms with Crippen molar-refractivity contribution in [3.63, 3.8) is 0 Å². The Labute approximate surface area is 51.8 Å². The van der Waals surface area contributed by atoms with Gasteiger partial charge in [-0.15, -0.1) is 0 Å². The molecule has 0 fully saturated rings. The van der Waals surface area contributed by atoms with E-state index in [1.54, 1.807) is 0 Å². The van der Waals surface area contributed by atoms with Crippen LogP contribution in [0.15, 0.2) is 12.2 Å². The smallest absolute Gasteiger partial charge is 0.0245 e. The van der Waals surface area contributed by atoms with Crippen LogP contribution in [-0.2, 0) is 0 Å². The van der Waals surface area contributed by atoms with Crippen molar-refractivity contribution in [2.24, 2.45) is 0 Å². The van der Waals surface area contributed by atoms with Crippen LogP contribution in [0.1, 0.15) is 20.8 Å². The van der Waals surface area contributed by atoms with Gasteiger partial charge in [-0.3, -0.25) is 0 Å². The molecule has 48 valence electrons. The molecule has 0 aliphatic carbocycles. The zero-order valence-electron chi connectivity index (χ0n) is 5.99. The molecule has 0 amide bonds. The summed E-state index contributed by atoms with van der Waals surface area (Å²) in [6.45, 7) is 11.1. The third-order valence-electron chi connectivity index (χ3n) is 1.25. The van der Waals surface area contributed by atoms with E-state index in [4.69, 9.17) is 0 Å². The lowest BCUT2D eigenvalue weighted by Crippen LogP contribution is -2.25. The van der Waals surface area contributed by atoms with E-state index in [9.17, 15) is 0 Å². The van der Waals surface area contributed by atoms with Crippen LogP contribution in [-0.4, -0.2) is 12.6 Å². The second-order valence-corrected chi connectivity index (χ2v) is 2.13. The number of nitrogens with one attached hydrogen (secondary N) is 1.